The third-order valence-corrected chi connectivity index (χ3v) is 5.55. The highest BCUT2D eigenvalue weighted by molar-refractivity contribution is 7.89. The topological polar surface area (TPSA) is 46.6 Å². The standard InChI is InChI=1S/C11H11ClFNO3S/c12-10-4-9(1-2-11(10)13)18(15,16)14-5-8-3-7(14)6-17-8/h1-2,4,7-8H,3,5-6H2. The van der Waals surface area contributed by atoms with Gasteiger partial charge in [-0.3, -0.25) is 0 Å². The van der Waals surface area contributed by atoms with Gasteiger partial charge in [0, 0.05) is 6.54 Å². The summed E-state index contributed by atoms with van der Waals surface area (Å²) in [6.07, 6.45) is 0.717. The molecule has 0 aliphatic carbocycles. The van der Waals surface area contributed by atoms with E-state index in [1.165, 1.54) is 10.4 Å². The van der Waals surface area contributed by atoms with Gasteiger partial charge in [0.15, 0.2) is 0 Å². The SMILES string of the molecule is O=S(=O)(c1ccc(F)c(Cl)c1)N1CC2CC1CO2. The first-order valence-corrected chi connectivity index (χ1v) is 7.39. The summed E-state index contributed by atoms with van der Waals surface area (Å²) in [5.41, 5.74) is 0. The Morgan fingerprint density at radius 1 is 1.44 bits per heavy atom. The van der Waals surface area contributed by atoms with Crippen LogP contribution in [0, 0.1) is 5.82 Å². The van der Waals surface area contributed by atoms with Crippen LogP contribution >= 0.6 is 11.6 Å². The lowest BCUT2D eigenvalue weighted by molar-refractivity contribution is 0.0608. The Bertz CT molecular complexity index is 592. The fourth-order valence-electron chi connectivity index (χ4n) is 2.43. The summed E-state index contributed by atoms with van der Waals surface area (Å²) in [7, 11) is -3.61. The molecule has 2 unspecified atom stereocenters. The molecular weight excluding hydrogens is 281 g/mol. The fourth-order valence-corrected chi connectivity index (χ4v) is 4.36. The zero-order chi connectivity index (χ0) is 12.9. The minimum absolute atomic E-state index is 0.0132. The van der Waals surface area contributed by atoms with Crippen LogP contribution in [0.5, 0.6) is 0 Å². The largest absolute Gasteiger partial charge is 0.375 e. The molecule has 0 aromatic heterocycles. The molecule has 2 bridgehead atoms. The average Bonchev–Trinajstić information content (AvgIpc) is 2.94. The summed E-state index contributed by atoms with van der Waals surface area (Å²) in [6, 6.07) is 3.35. The molecule has 2 saturated heterocycles. The van der Waals surface area contributed by atoms with E-state index in [4.69, 9.17) is 16.3 Å². The maximum atomic E-state index is 13.1. The molecule has 4 nitrogen and oxygen atoms in total. The zero-order valence-corrected chi connectivity index (χ0v) is 10.9. The van der Waals surface area contributed by atoms with Gasteiger partial charge in [0.2, 0.25) is 10.0 Å². The molecule has 7 heteroatoms. The maximum absolute atomic E-state index is 13.1. The highest BCUT2D eigenvalue weighted by atomic mass is 35.5. The van der Waals surface area contributed by atoms with Gasteiger partial charge >= 0.3 is 0 Å². The van der Waals surface area contributed by atoms with Crippen molar-refractivity contribution < 1.29 is 17.5 Å². The van der Waals surface area contributed by atoms with E-state index < -0.39 is 15.8 Å². The molecule has 2 fully saturated rings. The number of morpholine rings is 1. The van der Waals surface area contributed by atoms with Crippen LogP contribution < -0.4 is 0 Å². The Balaban J connectivity index is 1.97. The van der Waals surface area contributed by atoms with E-state index in [1.54, 1.807) is 0 Å². The first kappa shape index (κ1) is 12.3. The first-order chi connectivity index (χ1) is 8.48. The number of benzene rings is 1. The summed E-state index contributed by atoms with van der Waals surface area (Å²) in [4.78, 5) is 0.0291. The number of ether oxygens (including phenoxy) is 1. The van der Waals surface area contributed by atoms with Gasteiger partial charge in [-0.2, -0.15) is 4.31 Å². The number of halogens is 2. The van der Waals surface area contributed by atoms with Crippen molar-refractivity contribution in [1.82, 2.24) is 4.31 Å². The second-order valence-corrected chi connectivity index (χ2v) is 6.79. The van der Waals surface area contributed by atoms with E-state index >= 15 is 0 Å². The predicted octanol–water partition coefficient (Wildman–Crippen LogP) is 1.64. The van der Waals surface area contributed by atoms with Crippen molar-refractivity contribution in [2.45, 2.75) is 23.5 Å². The van der Waals surface area contributed by atoms with Gasteiger partial charge < -0.3 is 4.74 Å². The van der Waals surface area contributed by atoms with Crippen molar-refractivity contribution in [3.63, 3.8) is 0 Å². The van der Waals surface area contributed by atoms with Crippen LogP contribution in [-0.2, 0) is 14.8 Å². The quantitative estimate of drug-likeness (QED) is 0.832. The lowest BCUT2D eigenvalue weighted by Gasteiger charge is -2.26. The minimum Gasteiger partial charge on any atom is -0.375 e. The van der Waals surface area contributed by atoms with E-state index in [-0.39, 0.29) is 22.1 Å². The lowest BCUT2D eigenvalue weighted by Crippen LogP contribution is -2.41. The smallest absolute Gasteiger partial charge is 0.243 e. The summed E-state index contributed by atoms with van der Waals surface area (Å²) in [6.45, 7) is 0.792. The number of nitrogens with zero attached hydrogens (tertiary/aromatic N) is 1. The van der Waals surface area contributed by atoms with Gasteiger partial charge in [-0.25, -0.2) is 12.8 Å². The third-order valence-electron chi connectivity index (χ3n) is 3.35. The van der Waals surface area contributed by atoms with E-state index in [2.05, 4.69) is 0 Å². The lowest BCUT2D eigenvalue weighted by atomic mass is 10.3. The van der Waals surface area contributed by atoms with E-state index in [0.717, 1.165) is 18.6 Å². The van der Waals surface area contributed by atoms with Crippen LogP contribution in [0.25, 0.3) is 0 Å². The molecule has 3 rings (SSSR count). The van der Waals surface area contributed by atoms with Crippen LogP contribution in [0.2, 0.25) is 5.02 Å². The molecule has 1 aromatic rings. The van der Waals surface area contributed by atoms with E-state index in [9.17, 15) is 12.8 Å². The Labute approximate surface area is 109 Å². The molecule has 1 aromatic carbocycles. The van der Waals surface area contributed by atoms with Gasteiger partial charge in [-0.05, 0) is 24.6 Å². The molecule has 18 heavy (non-hydrogen) atoms. The number of rotatable bonds is 2. The maximum Gasteiger partial charge on any atom is 0.243 e. The molecular formula is C11H11ClFNO3S. The van der Waals surface area contributed by atoms with Crippen LogP contribution in [0.15, 0.2) is 23.1 Å². The highest BCUT2D eigenvalue weighted by Crippen LogP contribution is 2.33. The summed E-state index contributed by atoms with van der Waals surface area (Å²) in [5, 5.41) is -0.184. The van der Waals surface area contributed by atoms with Gasteiger partial charge in [-0.1, -0.05) is 11.6 Å². The van der Waals surface area contributed by atoms with Crippen molar-refractivity contribution >= 4 is 21.6 Å². The number of hydrogen-bond donors (Lipinski definition) is 0. The molecule has 0 spiro atoms. The third kappa shape index (κ3) is 1.84. The number of hydrogen-bond acceptors (Lipinski definition) is 3. The summed E-state index contributed by atoms with van der Waals surface area (Å²) < 4.78 is 44.6. The minimum atomic E-state index is -3.61. The van der Waals surface area contributed by atoms with E-state index in [0.29, 0.717) is 13.2 Å². The van der Waals surface area contributed by atoms with Crippen LogP contribution in [0.1, 0.15) is 6.42 Å². The second-order valence-electron chi connectivity index (χ2n) is 4.50. The Morgan fingerprint density at radius 3 is 2.78 bits per heavy atom. The summed E-state index contributed by atoms with van der Waals surface area (Å²) >= 11 is 5.62. The Kier molecular flexibility index (Phi) is 2.85. The van der Waals surface area contributed by atoms with Gasteiger partial charge in [0.25, 0.3) is 0 Å². The van der Waals surface area contributed by atoms with Gasteiger partial charge in [0.1, 0.15) is 5.82 Å². The molecule has 2 atom stereocenters. The van der Waals surface area contributed by atoms with E-state index in [1.807, 2.05) is 0 Å². The fraction of sp³-hybridized carbons (Fsp3) is 0.455. The van der Waals surface area contributed by atoms with Crippen molar-refractivity contribution in [3.8, 4) is 0 Å². The van der Waals surface area contributed by atoms with Crippen LogP contribution in [0.3, 0.4) is 0 Å². The monoisotopic (exact) mass is 291 g/mol. The Hall–Kier alpha value is -0.690. The molecule has 0 saturated carbocycles. The average molecular weight is 292 g/mol. The predicted molar refractivity (Wildman–Crippen MR) is 63.4 cm³/mol. The summed E-state index contributed by atoms with van der Waals surface area (Å²) in [5.74, 6) is -0.623. The highest BCUT2D eigenvalue weighted by Gasteiger charge is 2.45. The van der Waals surface area contributed by atoms with Gasteiger partial charge in [0.05, 0.1) is 28.7 Å². The molecule has 0 N–H and O–H groups in total. The number of sulfonamides is 1. The first-order valence-electron chi connectivity index (χ1n) is 5.57. The second kappa shape index (κ2) is 4.16. The molecule has 2 heterocycles. The van der Waals surface area contributed by atoms with Crippen molar-refractivity contribution in [2.75, 3.05) is 13.2 Å². The van der Waals surface area contributed by atoms with Crippen LogP contribution in [0.4, 0.5) is 4.39 Å². The van der Waals surface area contributed by atoms with Crippen molar-refractivity contribution in [1.29, 1.82) is 0 Å². The molecule has 0 amide bonds. The zero-order valence-electron chi connectivity index (χ0n) is 9.34. The number of fused-ring (bicyclic) bond motifs is 2. The van der Waals surface area contributed by atoms with Crippen molar-refractivity contribution in [3.05, 3.63) is 29.0 Å². The van der Waals surface area contributed by atoms with Crippen molar-refractivity contribution in [2.24, 2.45) is 0 Å². The van der Waals surface area contributed by atoms with Crippen LogP contribution in [-0.4, -0.2) is 38.0 Å². The normalized spacial score (nSPS) is 27.9. The molecule has 98 valence electrons. The Morgan fingerprint density at radius 2 is 2.22 bits per heavy atom. The van der Waals surface area contributed by atoms with Gasteiger partial charge in [-0.15, -0.1) is 0 Å². The molecule has 0 radical (unpaired) electrons. The molecule has 2 aliphatic rings. The molecule has 2 aliphatic heterocycles.